The summed E-state index contributed by atoms with van der Waals surface area (Å²) in [6, 6.07) is 0.0247. The van der Waals surface area contributed by atoms with Gasteiger partial charge in [0.15, 0.2) is 0 Å². The van der Waals surface area contributed by atoms with E-state index in [1.807, 2.05) is 6.92 Å². The monoisotopic (exact) mass is 230 g/mol. The Bertz CT molecular complexity index is 224. The van der Waals surface area contributed by atoms with Crippen LogP contribution in [0.25, 0.3) is 0 Å². The van der Waals surface area contributed by atoms with Crippen molar-refractivity contribution in [1.29, 1.82) is 0 Å². The molecule has 0 saturated carbocycles. The number of hydrogen-bond acceptors (Lipinski definition) is 2. The molecule has 16 heavy (non-hydrogen) atoms. The molecule has 0 aromatic heterocycles. The molecule has 2 N–H and O–H groups in total. The Balaban J connectivity index is 4.15. The Labute approximate surface area is 99.0 Å². The molecule has 0 radical (unpaired) electrons. The van der Waals surface area contributed by atoms with Crippen LogP contribution in [0.3, 0.4) is 0 Å². The number of carbonyl (C=O) groups excluding carboxylic acids is 1. The maximum absolute atomic E-state index is 11.8. The van der Waals surface area contributed by atoms with Crippen molar-refractivity contribution >= 4 is 6.03 Å². The van der Waals surface area contributed by atoms with E-state index in [-0.39, 0.29) is 12.1 Å². The highest BCUT2D eigenvalue weighted by molar-refractivity contribution is 5.74. The zero-order chi connectivity index (χ0) is 12.9. The molecule has 0 aliphatic carbocycles. The van der Waals surface area contributed by atoms with Crippen LogP contribution in [0.4, 0.5) is 4.79 Å². The first-order valence-electron chi connectivity index (χ1n) is 5.91. The van der Waals surface area contributed by atoms with Gasteiger partial charge in [-0.25, -0.2) is 4.79 Å². The molecule has 2 atom stereocenters. The summed E-state index contributed by atoms with van der Waals surface area (Å²) < 4.78 is 0. The van der Waals surface area contributed by atoms with Crippen molar-refractivity contribution < 1.29 is 9.90 Å². The van der Waals surface area contributed by atoms with Crippen molar-refractivity contribution in [2.24, 2.45) is 5.92 Å². The Kier molecular flexibility index (Phi) is 5.79. The smallest absolute Gasteiger partial charge is 0.317 e. The van der Waals surface area contributed by atoms with Crippen molar-refractivity contribution in [1.82, 2.24) is 10.2 Å². The summed E-state index contributed by atoms with van der Waals surface area (Å²) >= 11 is 0. The summed E-state index contributed by atoms with van der Waals surface area (Å²) in [5.74, 6) is 0.458. The quantitative estimate of drug-likeness (QED) is 0.757. The lowest BCUT2D eigenvalue weighted by molar-refractivity contribution is 0.0526. The Morgan fingerprint density at radius 1 is 1.44 bits per heavy atom. The van der Waals surface area contributed by atoms with Gasteiger partial charge in [0.1, 0.15) is 0 Å². The number of carbonyl (C=O) groups is 1. The van der Waals surface area contributed by atoms with Crippen molar-refractivity contribution in [3.8, 4) is 0 Å². The molecule has 2 amide bonds. The van der Waals surface area contributed by atoms with Crippen molar-refractivity contribution in [2.45, 2.75) is 52.7 Å². The third-order valence-electron chi connectivity index (χ3n) is 2.82. The molecular weight excluding hydrogens is 204 g/mol. The lowest BCUT2D eigenvalue weighted by Gasteiger charge is -2.28. The molecular formula is C12H26N2O2. The summed E-state index contributed by atoms with van der Waals surface area (Å²) in [5, 5.41) is 12.5. The first kappa shape index (κ1) is 15.2. The van der Waals surface area contributed by atoms with Gasteiger partial charge in [-0.05, 0) is 26.7 Å². The predicted molar refractivity (Wildman–Crippen MR) is 66.4 cm³/mol. The van der Waals surface area contributed by atoms with Crippen molar-refractivity contribution in [3.63, 3.8) is 0 Å². The van der Waals surface area contributed by atoms with Gasteiger partial charge in [0.25, 0.3) is 0 Å². The summed E-state index contributed by atoms with van der Waals surface area (Å²) in [4.78, 5) is 13.3. The van der Waals surface area contributed by atoms with Crippen LogP contribution in [0.2, 0.25) is 0 Å². The van der Waals surface area contributed by atoms with Gasteiger partial charge in [-0.1, -0.05) is 20.3 Å². The first-order valence-corrected chi connectivity index (χ1v) is 5.91. The molecule has 0 spiro atoms. The second kappa shape index (κ2) is 6.09. The molecule has 0 aliphatic heterocycles. The van der Waals surface area contributed by atoms with Crippen LogP contribution >= 0.6 is 0 Å². The molecule has 0 heterocycles. The Hall–Kier alpha value is -0.770. The maximum Gasteiger partial charge on any atom is 0.317 e. The third kappa shape index (κ3) is 5.95. The van der Waals surface area contributed by atoms with E-state index in [0.29, 0.717) is 12.5 Å². The predicted octanol–water partition coefficient (Wildman–Crippen LogP) is 1.83. The largest absolute Gasteiger partial charge is 0.389 e. The van der Waals surface area contributed by atoms with E-state index in [1.165, 1.54) is 4.90 Å². The molecule has 0 saturated heterocycles. The van der Waals surface area contributed by atoms with Crippen molar-refractivity contribution in [3.05, 3.63) is 0 Å². The van der Waals surface area contributed by atoms with E-state index in [9.17, 15) is 9.90 Å². The molecule has 0 aromatic rings. The van der Waals surface area contributed by atoms with Gasteiger partial charge in [-0.3, -0.25) is 0 Å². The van der Waals surface area contributed by atoms with Crippen LogP contribution in [0.15, 0.2) is 0 Å². The van der Waals surface area contributed by atoms with Crippen LogP contribution in [-0.2, 0) is 0 Å². The van der Waals surface area contributed by atoms with Gasteiger partial charge in [0.05, 0.1) is 12.1 Å². The van der Waals surface area contributed by atoms with Gasteiger partial charge in [0, 0.05) is 13.1 Å². The second-order valence-corrected chi connectivity index (χ2v) is 5.29. The fraction of sp³-hybridized carbons (Fsp3) is 0.917. The highest BCUT2D eigenvalue weighted by atomic mass is 16.3. The van der Waals surface area contributed by atoms with E-state index in [1.54, 1.807) is 20.9 Å². The molecule has 0 fully saturated rings. The molecule has 2 unspecified atom stereocenters. The summed E-state index contributed by atoms with van der Waals surface area (Å²) in [7, 11) is 1.69. The lowest BCUT2D eigenvalue weighted by atomic mass is 10.0. The number of nitrogens with one attached hydrogen (secondary N) is 1. The molecule has 4 nitrogen and oxygen atoms in total. The SMILES string of the molecule is CCC(C)C(C)NC(=O)N(C)CC(C)(C)O. The standard InChI is InChI=1S/C12H26N2O2/c1-7-9(2)10(3)13-11(15)14(6)8-12(4,5)16/h9-10,16H,7-8H2,1-6H3,(H,13,15). The zero-order valence-electron chi connectivity index (χ0n) is 11.4. The molecule has 0 aliphatic rings. The van der Waals surface area contributed by atoms with Crippen LogP contribution in [0, 0.1) is 5.92 Å². The minimum atomic E-state index is -0.855. The van der Waals surface area contributed by atoms with E-state index >= 15 is 0 Å². The highest BCUT2D eigenvalue weighted by Gasteiger charge is 2.21. The number of amides is 2. The minimum absolute atomic E-state index is 0.130. The van der Waals surface area contributed by atoms with Gasteiger partial charge < -0.3 is 15.3 Å². The number of urea groups is 1. The number of hydrogen-bond donors (Lipinski definition) is 2. The highest BCUT2D eigenvalue weighted by Crippen LogP contribution is 2.08. The molecule has 4 heteroatoms. The molecule has 0 rings (SSSR count). The second-order valence-electron chi connectivity index (χ2n) is 5.29. The number of nitrogens with zero attached hydrogens (tertiary/aromatic N) is 1. The van der Waals surface area contributed by atoms with Crippen LogP contribution in [-0.4, -0.2) is 41.3 Å². The summed E-state index contributed by atoms with van der Waals surface area (Å²) in [5.41, 5.74) is -0.855. The summed E-state index contributed by atoms with van der Waals surface area (Å²) in [6.07, 6.45) is 1.04. The van der Waals surface area contributed by atoms with Gasteiger partial charge in [-0.15, -0.1) is 0 Å². The van der Waals surface area contributed by atoms with Crippen LogP contribution in [0.1, 0.15) is 41.0 Å². The van der Waals surface area contributed by atoms with E-state index in [0.717, 1.165) is 6.42 Å². The van der Waals surface area contributed by atoms with Crippen LogP contribution < -0.4 is 5.32 Å². The number of rotatable bonds is 5. The average molecular weight is 230 g/mol. The molecule has 0 bridgehead atoms. The van der Waals surface area contributed by atoms with Crippen molar-refractivity contribution in [2.75, 3.05) is 13.6 Å². The van der Waals surface area contributed by atoms with Gasteiger partial charge in [-0.2, -0.15) is 0 Å². The fourth-order valence-corrected chi connectivity index (χ4v) is 1.45. The van der Waals surface area contributed by atoms with Gasteiger partial charge in [0.2, 0.25) is 0 Å². The lowest BCUT2D eigenvalue weighted by Crippen LogP contribution is -2.48. The average Bonchev–Trinajstić information content (AvgIpc) is 2.13. The Morgan fingerprint density at radius 3 is 2.31 bits per heavy atom. The zero-order valence-corrected chi connectivity index (χ0v) is 11.4. The molecule has 96 valence electrons. The Morgan fingerprint density at radius 2 is 1.94 bits per heavy atom. The van der Waals surface area contributed by atoms with E-state index in [2.05, 4.69) is 19.2 Å². The minimum Gasteiger partial charge on any atom is -0.389 e. The summed E-state index contributed by atoms with van der Waals surface area (Å²) in [6.45, 7) is 9.93. The molecule has 0 aromatic carbocycles. The topological polar surface area (TPSA) is 52.6 Å². The maximum atomic E-state index is 11.8. The van der Waals surface area contributed by atoms with Gasteiger partial charge >= 0.3 is 6.03 Å². The van der Waals surface area contributed by atoms with E-state index < -0.39 is 5.60 Å². The first-order chi connectivity index (χ1) is 7.17. The van der Waals surface area contributed by atoms with Crippen LogP contribution in [0.5, 0.6) is 0 Å². The third-order valence-corrected chi connectivity index (χ3v) is 2.82. The normalized spacial score (nSPS) is 15.4. The number of aliphatic hydroxyl groups is 1. The fourth-order valence-electron chi connectivity index (χ4n) is 1.45. The number of likely N-dealkylation sites (N-methyl/N-ethyl adjacent to an activating group) is 1. The van der Waals surface area contributed by atoms with E-state index in [4.69, 9.17) is 0 Å².